The largest absolute Gasteiger partial charge is 0.481 e. The zero-order chi connectivity index (χ0) is 9.84. The maximum absolute atomic E-state index is 10.2. The van der Waals surface area contributed by atoms with E-state index in [1.807, 2.05) is 0 Å². The number of hydrogen-bond donors (Lipinski definition) is 2. The van der Waals surface area contributed by atoms with Crippen molar-refractivity contribution in [2.75, 3.05) is 5.73 Å². The van der Waals surface area contributed by atoms with Gasteiger partial charge in [0.05, 0.1) is 5.69 Å². The van der Waals surface area contributed by atoms with Gasteiger partial charge < -0.3 is 15.4 Å². The monoisotopic (exact) mass is 184 g/mol. The highest BCUT2D eigenvalue weighted by Gasteiger charge is 2.09. The van der Waals surface area contributed by atoms with Gasteiger partial charge >= 0.3 is 5.97 Å². The van der Waals surface area contributed by atoms with Crippen LogP contribution in [0.2, 0.25) is 0 Å². The Hall–Kier alpha value is -1.52. The number of aliphatic carboxylic acids is 1. The third-order valence-electron chi connectivity index (χ3n) is 1.83. The van der Waals surface area contributed by atoms with Crippen LogP contribution in [0, 0.1) is 6.92 Å². The molecule has 0 saturated carbocycles. The van der Waals surface area contributed by atoms with Gasteiger partial charge in [0.15, 0.2) is 0 Å². The Bertz CT molecular complexity index is 287. The molecule has 0 spiro atoms. The first-order chi connectivity index (χ1) is 6.11. The van der Waals surface area contributed by atoms with Crippen LogP contribution < -0.4 is 5.73 Å². The molecule has 72 valence electrons. The number of nitrogen functional groups attached to an aromatic ring is 1. The summed E-state index contributed by atoms with van der Waals surface area (Å²) in [5, 5.41) is 12.1. The fraction of sp³-hybridized carbons (Fsp3) is 0.500. The normalized spacial score (nSPS) is 10.2. The van der Waals surface area contributed by atoms with Crippen molar-refractivity contribution in [2.45, 2.75) is 26.2 Å². The second kappa shape index (κ2) is 3.93. The standard InChI is InChI=1S/C8H12N2O3/c1-5-6(8(9)13-10-5)3-2-4-7(11)12/h2-4,9H2,1H3,(H,11,12). The molecule has 0 radical (unpaired) electrons. The maximum atomic E-state index is 10.2. The van der Waals surface area contributed by atoms with Gasteiger partial charge in [0.1, 0.15) is 0 Å². The highest BCUT2D eigenvalue weighted by atomic mass is 16.5. The number of carbonyl (C=O) groups is 1. The van der Waals surface area contributed by atoms with Gasteiger partial charge in [-0.2, -0.15) is 0 Å². The van der Waals surface area contributed by atoms with Crippen LogP contribution in [-0.2, 0) is 11.2 Å². The minimum atomic E-state index is -0.798. The summed E-state index contributed by atoms with van der Waals surface area (Å²) in [4.78, 5) is 10.2. The van der Waals surface area contributed by atoms with Crippen LogP contribution in [0.1, 0.15) is 24.1 Å². The molecule has 1 aromatic heterocycles. The number of rotatable bonds is 4. The highest BCUT2D eigenvalue weighted by Crippen LogP contribution is 2.17. The molecule has 13 heavy (non-hydrogen) atoms. The van der Waals surface area contributed by atoms with E-state index in [2.05, 4.69) is 5.16 Å². The van der Waals surface area contributed by atoms with Gasteiger partial charge in [-0.25, -0.2) is 0 Å². The van der Waals surface area contributed by atoms with E-state index in [1.54, 1.807) is 6.92 Å². The minimum absolute atomic E-state index is 0.143. The molecule has 0 amide bonds. The molecule has 0 aromatic carbocycles. The van der Waals surface area contributed by atoms with Crippen LogP contribution in [0.4, 0.5) is 5.88 Å². The number of nitrogens with zero attached hydrogens (tertiary/aromatic N) is 1. The molecule has 0 unspecified atom stereocenters. The molecular weight excluding hydrogens is 172 g/mol. The van der Waals surface area contributed by atoms with Crippen molar-refractivity contribution in [3.63, 3.8) is 0 Å². The molecule has 0 fully saturated rings. The Morgan fingerprint density at radius 1 is 1.69 bits per heavy atom. The predicted octanol–water partition coefficient (Wildman–Crippen LogP) is 0.973. The quantitative estimate of drug-likeness (QED) is 0.727. The van der Waals surface area contributed by atoms with E-state index < -0.39 is 5.97 Å². The maximum Gasteiger partial charge on any atom is 0.303 e. The van der Waals surface area contributed by atoms with Crippen molar-refractivity contribution in [3.05, 3.63) is 11.3 Å². The lowest BCUT2D eigenvalue weighted by molar-refractivity contribution is -0.137. The Labute approximate surface area is 75.5 Å². The molecule has 1 rings (SSSR count). The summed E-state index contributed by atoms with van der Waals surface area (Å²) in [7, 11) is 0. The van der Waals surface area contributed by atoms with E-state index >= 15 is 0 Å². The van der Waals surface area contributed by atoms with Gasteiger partial charge in [0.25, 0.3) is 0 Å². The second-order valence-electron chi connectivity index (χ2n) is 2.86. The first kappa shape index (κ1) is 9.57. The lowest BCUT2D eigenvalue weighted by Gasteiger charge is -1.96. The Morgan fingerprint density at radius 2 is 2.38 bits per heavy atom. The summed E-state index contributed by atoms with van der Waals surface area (Å²) < 4.78 is 4.73. The fourth-order valence-electron chi connectivity index (χ4n) is 1.13. The summed E-state index contributed by atoms with van der Waals surface area (Å²) in [5.74, 6) is -0.504. The zero-order valence-electron chi connectivity index (χ0n) is 7.41. The van der Waals surface area contributed by atoms with Crippen molar-refractivity contribution in [2.24, 2.45) is 0 Å². The molecule has 5 heteroatoms. The third-order valence-corrected chi connectivity index (χ3v) is 1.83. The van der Waals surface area contributed by atoms with E-state index in [9.17, 15) is 4.79 Å². The average Bonchev–Trinajstić information content (AvgIpc) is 2.34. The van der Waals surface area contributed by atoms with Gasteiger partial charge in [-0.3, -0.25) is 4.79 Å². The average molecular weight is 184 g/mol. The van der Waals surface area contributed by atoms with Crippen LogP contribution in [0.15, 0.2) is 4.52 Å². The van der Waals surface area contributed by atoms with Crippen LogP contribution in [0.3, 0.4) is 0 Å². The summed E-state index contributed by atoms with van der Waals surface area (Å²) in [6, 6.07) is 0. The first-order valence-corrected chi connectivity index (χ1v) is 4.03. The van der Waals surface area contributed by atoms with E-state index in [0.29, 0.717) is 18.7 Å². The molecule has 0 aliphatic carbocycles. The topological polar surface area (TPSA) is 89.4 Å². The summed E-state index contributed by atoms with van der Waals surface area (Å²) in [5.41, 5.74) is 7.04. The second-order valence-corrected chi connectivity index (χ2v) is 2.86. The van der Waals surface area contributed by atoms with Gasteiger partial charge in [0, 0.05) is 12.0 Å². The Balaban J connectivity index is 2.49. The molecule has 3 N–H and O–H groups in total. The van der Waals surface area contributed by atoms with Crippen molar-refractivity contribution in [3.8, 4) is 0 Å². The molecule has 1 aromatic rings. The van der Waals surface area contributed by atoms with Gasteiger partial charge in [-0.05, 0) is 19.8 Å². The number of aryl methyl sites for hydroxylation is 1. The molecule has 0 saturated heterocycles. The summed E-state index contributed by atoms with van der Waals surface area (Å²) >= 11 is 0. The zero-order valence-corrected chi connectivity index (χ0v) is 7.41. The van der Waals surface area contributed by atoms with Crippen LogP contribution in [-0.4, -0.2) is 16.2 Å². The Kier molecular flexibility index (Phi) is 2.89. The van der Waals surface area contributed by atoms with Crippen molar-refractivity contribution in [1.29, 1.82) is 0 Å². The SMILES string of the molecule is Cc1noc(N)c1CCCC(=O)O. The van der Waals surface area contributed by atoms with Crippen molar-refractivity contribution < 1.29 is 14.4 Å². The molecule has 1 heterocycles. The number of anilines is 1. The lowest BCUT2D eigenvalue weighted by Crippen LogP contribution is -1.98. The van der Waals surface area contributed by atoms with E-state index in [1.165, 1.54) is 0 Å². The third kappa shape index (κ3) is 2.47. The number of aromatic nitrogens is 1. The predicted molar refractivity (Wildman–Crippen MR) is 46.2 cm³/mol. The fourth-order valence-corrected chi connectivity index (χ4v) is 1.13. The van der Waals surface area contributed by atoms with Gasteiger partial charge in [-0.15, -0.1) is 0 Å². The lowest BCUT2D eigenvalue weighted by atomic mass is 10.1. The van der Waals surface area contributed by atoms with Crippen LogP contribution in [0.25, 0.3) is 0 Å². The van der Waals surface area contributed by atoms with E-state index in [-0.39, 0.29) is 6.42 Å². The number of carboxylic acid groups (broad SMARTS) is 1. The summed E-state index contributed by atoms with van der Waals surface area (Å²) in [6.07, 6.45) is 1.30. The first-order valence-electron chi connectivity index (χ1n) is 4.03. The molecule has 0 aliphatic rings. The highest BCUT2D eigenvalue weighted by molar-refractivity contribution is 5.66. The smallest absolute Gasteiger partial charge is 0.303 e. The van der Waals surface area contributed by atoms with Crippen molar-refractivity contribution >= 4 is 11.9 Å². The van der Waals surface area contributed by atoms with Gasteiger partial charge in [0.2, 0.25) is 5.88 Å². The molecule has 5 nitrogen and oxygen atoms in total. The van der Waals surface area contributed by atoms with Crippen molar-refractivity contribution in [1.82, 2.24) is 5.16 Å². The number of hydrogen-bond acceptors (Lipinski definition) is 4. The molecular formula is C8H12N2O3. The molecule has 0 atom stereocenters. The van der Waals surface area contributed by atoms with E-state index in [4.69, 9.17) is 15.4 Å². The van der Waals surface area contributed by atoms with E-state index in [0.717, 1.165) is 11.3 Å². The minimum Gasteiger partial charge on any atom is -0.481 e. The number of carboxylic acids is 1. The Morgan fingerprint density at radius 3 is 2.85 bits per heavy atom. The summed E-state index contributed by atoms with van der Waals surface area (Å²) in [6.45, 7) is 1.79. The van der Waals surface area contributed by atoms with Crippen LogP contribution >= 0.6 is 0 Å². The number of nitrogens with two attached hydrogens (primary N) is 1. The van der Waals surface area contributed by atoms with Crippen LogP contribution in [0.5, 0.6) is 0 Å². The van der Waals surface area contributed by atoms with Gasteiger partial charge in [-0.1, -0.05) is 5.16 Å². The molecule has 0 aliphatic heterocycles. The molecule has 0 bridgehead atoms.